The summed E-state index contributed by atoms with van der Waals surface area (Å²) in [5.41, 5.74) is 8.59. The molecule has 1 atom stereocenters. The van der Waals surface area contributed by atoms with E-state index < -0.39 is 0 Å². The Bertz CT molecular complexity index is 397. The number of nitrogens with zero attached hydrogens (tertiary/aromatic N) is 2. The summed E-state index contributed by atoms with van der Waals surface area (Å²) in [7, 11) is 1.91. The van der Waals surface area contributed by atoms with Crippen molar-refractivity contribution in [3.63, 3.8) is 0 Å². The Morgan fingerprint density at radius 3 is 2.65 bits per heavy atom. The van der Waals surface area contributed by atoms with Crippen molar-refractivity contribution in [2.75, 3.05) is 6.54 Å². The first-order valence-corrected chi connectivity index (χ1v) is 5.94. The molecule has 1 aromatic rings. The number of amides is 1. The third-order valence-corrected chi connectivity index (χ3v) is 3.15. The summed E-state index contributed by atoms with van der Waals surface area (Å²) in [5, 5.41) is 7.25. The van der Waals surface area contributed by atoms with Gasteiger partial charge in [0.15, 0.2) is 0 Å². The molecule has 1 aromatic heterocycles. The van der Waals surface area contributed by atoms with Gasteiger partial charge in [0, 0.05) is 30.8 Å². The minimum Gasteiger partial charge on any atom is -0.352 e. The lowest BCUT2D eigenvalue weighted by Gasteiger charge is -2.11. The molecule has 0 saturated carbocycles. The zero-order chi connectivity index (χ0) is 13.0. The number of carbonyl (C=O) groups is 1. The van der Waals surface area contributed by atoms with Crippen LogP contribution in [0.2, 0.25) is 0 Å². The molecule has 0 aliphatic carbocycles. The number of aromatic nitrogens is 2. The molecule has 5 heteroatoms. The number of carbonyl (C=O) groups excluding carboxylic acids is 1. The Labute approximate surface area is 102 Å². The highest BCUT2D eigenvalue weighted by molar-refractivity contribution is 5.78. The SMILES string of the molecule is Cc1nn(C)c(C)c1CNC(=O)C(C)CCN. The summed E-state index contributed by atoms with van der Waals surface area (Å²) in [6.07, 6.45) is 0.719. The van der Waals surface area contributed by atoms with E-state index in [4.69, 9.17) is 5.73 Å². The van der Waals surface area contributed by atoms with Gasteiger partial charge in [0.2, 0.25) is 5.91 Å². The van der Waals surface area contributed by atoms with E-state index in [-0.39, 0.29) is 11.8 Å². The number of hydrogen-bond donors (Lipinski definition) is 2. The van der Waals surface area contributed by atoms with Crippen LogP contribution in [0.15, 0.2) is 0 Å². The lowest BCUT2D eigenvalue weighted by atomic mass is 10.1. The van der Waals surface area contributed by atoms with Gasteiger partial charge in [-0.3, -0.25) is 9.48 Å². The average Bonchev–Trinajstić information content (AvgIpc) is 2.51. The van der Waals surface area contributed by atoms with Crippen LogP contribution in [-0.4, -0.2) is 22.2 Å². The van der Waals surface area contributed by atoms with Gasteiger partial charge in [0.1, 0.15) is 0 Å². The van der Waals surface area contributed by atoms with Crippen LogP contribution in [0.25, 0.3) is 0 Å². The molecular weight excluding hydrogens is 216 g/mol. The highest BCUT2D eigenvalue weighted by Gasteiger charge is 2.14. The molecule has 0 bridgehead atoms. The Morgan fingerprint density at radius 1 is 1.53 bits per heavy atom. The number of aryl methyl sites for hydroxylation is 2. The maximum absolute atomic E-state index is 11.7. The summed E-state index contributed by atoms with van der Waals surface area (Å²) in [4.78, 5) is 11.7. The second kappa shape index (κ2) is 5.82. The largest absolute Gasteiger partial charge is 0.352 e. The van der Waals surface area contributed by atoms with Crippen LogP contribution < -0.4 is 11.1 Å². The zero-order valence-electron chi connectivity index (χ0n) is 11.1. The van der Waals surface area contributed by atoms with Crippen molar-refractivity contribution in [3.8, 4) is 0 Å². The molecule has 0 radical (unpaired) electrons. The number of rotatable bonds is 5. The number of nitrogens with one attached hydrogen (secondary N) is 1. The second-order valence-electron chi connectivity index (χ2n) is 4.47. The fourth-order valence-corrected chi connectivity index (χ4v) is 1.80. The molecule has 0 fully saturated rings. The minimum atomic E-state index is -0.0303. The summed E-state index contributed by atoms with van der Waals surface area (Å²) in [5.74, 6) is 0.0235. The average molecular weight is 238 g/mol. The van der Waals surface area contributed by atoms with E-state index >= 15 is 0 Å². The van der Waals surface area contributed by atoms with Crippen molar-refractivity contribution in [2.24, 2.45) is 18.7 Å². The van der Waals surface area contributed by atoms with E-state index in [0.717, 1.165) is 23.4 Å². The maximum Gasteiger partial charge on any atom is 0.223 e. The van der Waals surface area contributed by atoms with Gasteiger partial charge in [-0.05, 0) is 26.8 Å². The fourth-order valence-electron chi connectivity index (χ4n) is 1.80. The third-order valence-electron chi connectivity index (χ3n) is 3.15. The maximum atomic E-state index is 11.7. The summed E-state index contributed by atoms with van der Waals surface area (Å²) >= 11 is 0. The van der Waals surface area contributed by atoms with Gasteiger partial charge in [-0.15, -0.1) is 0 Å². The van der Waals surface area contributed by atoms with Gasteiger partial charge in [-0.1, -0.05) is 6.92 Å². The molecule has 0 spiro atoms. The van der Waals surface area contributed by atoms with Crippen molar-refractivity contribution >= 4 is 5.91 Å². The minimum absolute atomic E-state index is 0.0303. The van der Waals surface area contributed by atoms with E-state index in [1.165, 1.54) is 0 Å². The molecule has 3 N–H and O–H groups in total. The van der Waals surface area contributed by atoms with E-state index in [2.05, 4.69) is 10.4 Å². The number of nitrogens with two attached hydrogens (primary N) is 1. The predicted octanol–water partition coefficient (Wildman–Crippen LogP) is 0.638. The highest BCUT2D eigenvalue weighted by atomic mass is 16.1. The van der Waals surface area contributed by atoms with Gasteiger partial charge in [-0.25, -0.2) is 0 Å². The Kier molecular flexibility index (Phi) is 4.69. The van der Waals surface area contributed by atoms with E-state index in [0.29, 0.717) is 13.1 Å². The quantitative estimate of drug-likeness (QED) is 0.790. The normalized spacial score (nSPS) is 12.5. The second-order valence-corrected chi connectivity index (χ2v) is 4.47. The lowest BCUT2D eigenvalue weighted by molar-refractivity contribution is -0.124. The Balaban J connectivity index is 2.58. The first kappa shape index (κ1) is 13.7. The molecule has 1 rings (SSSR count). The van der Waals surface area contributed by atoms with Gasteiger partial charge in [-0.2, -0.15) is 5.10 Å². The predicted molar refractivity (Wildman–Crippen MR) is 67.4 cm³/mol. The monoisotopic (exact) mass is 238 g/mol. The van der Waals surface area contributed by atoms with Gasteiger partial charge < -0.3 is 11.1 Å². The molecule has 1 heterocycles. The summed E-state index contributed by atoms with van der Waals surface area (Å²) in [6.45, 7) is 6.94. The molecule has 0 aromatic carbocycles. The molecule has 0 saturated heterocycles. The standard InChI is InChI=1S/C12H22N4O/c1-8(5-6-13)12(17)14-7-11-9(2)15-16(4)10(11)3/h8H,5-7,13H2,1-4H3,(H,14,17). The fraction of sp³-hybridized carbons (Fsp3) is 0.667. The smallest absolute Gasteiger partial charge is 0.223 e. The summed E-state index contributed by atoms with van der Waals surface area (Å²) in [6, 6.07) is 0. The Morgan fingerprint density at radius 2 is 2.18 bits per heavy atom. The molecule has 5 nitrogen and oxygen atoms in total. The zero-order valence-corrected chi connectivity index (χ0v) is 11.1. The molecule has 1 unspecified atom stereocenters. The van der Waals surface area contributed by atoms with Crippen molar-refractivity contribution < 1.29 is 4.79 Å². The van der Waals surface area contributed by atoms with Crippen molar-refractivity contribution in [1.82, 2.24) is 15.1 Å². The van der Waals surface area contributed by atoms with Crippen molar-refractivity contribution in [1.29, 1.82) is 0 Å². The van der Waals surface area contributed by atoms with Crippen molar-refractivity contribution in [2.45, 2.75) is 33.7 Å². The Hall–Kier alpha value is -1.36. The van der Waals surface area contributed by atoms with Crippen LogP contribution >= 0.6 is 0 Å². The van der Waals surface area contributed by atoms with Gasteiger partial charge >= 0.3 is 0 Å². The van der Waals surface area contributed by atoms with Crippen LogP contribution in [0.1, 0.15) is 30.3 Å². The summed E-state index contributed by atoms with van der Waals surface area (Å²) < 4.78 is 1.83. The first-order chi connectivity index (χ1) is 7.97. The van der Waals surface area contributed by atoms with Crippen LogP contribution in [0, 0.1) is 19.8 Å². The number of hydrogen-bond acceptors (Lipinski definition) is 3. The molecule has 1 amide bonds. The van der Waals surface area contributed by atoms with Crippen LogP contribution in [0.5, 0.6) is 0 Å². The van der Waals surface area contributed by atoms with E-state index in [9.17, 15) is 4.79 Å². The highest BCUT2D eigenvalue weighted by Crippen LogP contribution is 2.11. The van der Waals surface area contributed by atoms with E-state index in [1.54, 1.807) is 0 Å². The lowest BCUT2D eigenvalue weighted by Crippen LogP contribution is -2.30. The molecular formula is C12H22N4O. The molecule has 17 heavy (non-hydrogen) atoms. The van der Waals surface area contributed by atoms with Crippen LogP contribution in [0.4, 0.5) is 0 Å². The molecule has 0 aliphatic rings. The third kappa shape index (κ3) is 3.30. The topological polar surface area (TPSA) is 72.9 Å². The van der Waals surface area contributed by atoms with Crippen LogP contribution in [0.3, 0.4) is 0 Å². The van der Waals surface area contributed by atoms with Crippen molar-refractivity contribution in [3.05, 3.63) is 17.0 Å². The molecule has 96 valence electrons. The van der Waals surface area contributed by atoms with E-state index in [1.807, 2.05) is 32.5 Å². The van der Waals surface area contributed by atoms with Gasteiger partial charge in [0.05, 0.1) is 5.69 Å². The first-order valence-electron chi connectivity index (χ1n) is 5.94. The van der Waals surface area contributed by atoms with Gasteiger partial charge in [0.25, 0.3) is 0 Å². The molecule has 0 aliphatic heterocycles. The van der Waals surface area contributed by atoms with Crippen LogP contribution in [-0.2, 0) is 18.4 Å².